The van der Waals surface area contributed by atoms with Crippen LogP contribution in [-0.4, -0.2) is 17.2 Å². The molecule has 4 N–H and O–H groups in total. The summed E-state index contributed by atoms with van der Waals surface area (Å²) >= 11 is 5.90. The summed E-state index contributed by atoms with van der Waals surface area (Å²) in [6.45, 7) is 0.659. The lowest BCUT2D eigenvalue weighted by Gasteiger charge is -2.27. The summed E-state index contributed by atoms with van der Waals surface area (Å²) in [4.78, 5) is 0. The van der Waals surface area contributed by atoms with Gasteiger partial charge in [-0.15, -0.1) is 0 Å². The van der Waals surface area contributed by atoms with Gasteiger partial charge in [-0.1, -0.05) is 11.6 Å². The van der Waals surface area contributed by atoms with E-state index in [9.17, 15) is 5.11 Å². The number of nitrogens with two attached hydrogens (primary N) is 1. The van der Waals surface area contributed by atoms with Crippen LogP contribution in [-0.2, 0) is 6.54 Å². The molecule has 1 aliphatic carbocycles. The highest BCUT2D eigenvalue weighted by atomic mass is 35.5. The van der Waals surface area contributed by atoms with E-state index in [1.54, 1.807) is 18.2 Å². The Morgan fingerprint density at radius 2 is 2.00 bits per heavy atom. The highest BCUT2D eigenvalue weighted by Crippen LogP contribution is 2.22. The monoisotopic (exact) mass is 254 g/mol. The van der Waals surface area contributed by atoms with Crippen molar-refractivity contribution in [1.29, 1.82) is 0 Å². The van der Waals surface area contributed by atoms with Gasteiger partial charge in [0.15, 0.2) is 0 Å². The van der Waals surface area contributed by atoms with Crippen molar-refractivity contribution in [2.45, 2.75) is 44.3 Å². The summed E-state index contributed by atoms with van der Waals surface area (Å²) in [5.74, 6) is 0.300. The Morgan fingerprint density at radius 1 is 1.29 bits per heavy atom. The molecule has 1 aliphatic rings. The van der Waals surface area contributed by atoms with Crippen LogP contribution in [0.5, 0.6) is 5.75 Å². The van der Waals surface area contributed by atoms with Crippen LogP contribution in [0.3, 0.4) is 0 Å². The maximum absolute atomic E-state index is 9.69. The van der Waals surface area contributed by atoms with Crippen molar-refractivity contribution < 1.29 is 5.11 Å². The van der Waals surface area contributed by atoms with Crippen molar-refractivity contribution in [3.8, 4) is 5.75 Å². The lowest BCUT2D eigenvalue weighted by molar-refractivity contribution is 0.340. The Labute approximate surface area is 107 Å². The summed E-state index contributed by atoms with van der Waals surface area (Å²) < 4.78 is 0. The molecule has 3 nitrogen and oxygen atoms in total. The normalized spacial score (nSPS) is 24.8. The zero-order chi connectivity index (χ0) is 12.3. The van der Waals surface area contributed by atoms with E-state index in [-0.39, 0.29) is 0 Å². The number of hydrogen-bond acceptors (Lipinski definition) is 3. The Balaban J connectivity index is 1.87. The van der Waals surface area contributed by atoms with E-state index in [1.807, 2.05) is 0 Å². The van der Waals surface area contributed by atoms with Crippen molar-refractivity contribution in [3.05, 3.63) is 28.8 Å². The fourth-order valence-corrected chi connectivity index (χ4v) is 2.47. The molecule has 94 valence electrons. The van der Waals surface area contributed by atoms with E-state index >= 15 is 0 Å². The zero-order valence-electron chi connectivity index (χ0n) is 9.82. The van der Waals surface area contributed by atoms with Crippen LogP contribution in [0.1, 0.15) is 31.2 Å². The fraction of sp³-hybridized carbons (Fsp3) is 0.538. The third-order valence-electron chi connectivity index (χ3n) is 3.39. The number of nitrogens with one attached hydrogen (secondary N) is 1. The number of halogens is 1. The molecule has 0 aromatic heterocycles. The molecule has 0 spiro atoms. The van der Waals surface area contributed by atoms with Gasteiger partial charge >= 0.3 is 0 Å². The molecular weight excluding hydrogens is 236 g/mol. The highest BCUT2D eigenvalue weighted by molar-refractivity contribution is 6.30. The molecule has 0 atom stereocenters. The molecule has 0 unspecified atom stereocenters. The van der Waals surface area contributed by atoms with Gasteiger partial charge in [-0.3, -0.25) is 0 Å². The van der Waals surface area contributed by atoms with Gasteiger partial charge < -0.3 is 16.2 Å². The Kier molecular flexibility index (Phi) is 4.26. The molecule has 1 fully saturated rings. The number of benzene rings is 1. The van der Waals surface area contributed by atoms with Gasteiger partial charge in [-0.25, -0.2) is 0 Å². The second-order valence-electron chi connectivity index (χ2n) is 4.77. The van der Waals surface area contributed by atoms with E-state index in [4.69, 9.17) is 17.3 Å². The number of phenolic OH excluding ortho intramolecular Hbond substituents is 1. The van der Waals surface area contributed by atoms with Crippen molar-refractivity contribution in [2.24, 2.45) is 5.73 Å². The summed E-state index contributed by atoms with van der Waals surface area (Å²) in [5, 5.41) is 13.8. The largest absolute Gasteiger partial charge is 0.508 e. The van der Waals surface area contributed by atoms with Crippen LogP contribution < -0.4 is 11.1 Å². The molecule has 0 radical (unpaired) electrons. The summed E-state index contributed by atoms with van der Waals surface area (Å²) in [6.07, 6.45) is 4.39. The number of phenols is 1. The van der Waals surface area contributed by atoms with Gasteiger partial charge in [-0.2, -0.15) is 0 Å². The lowest BCUT2D eigenvalue weighted by atomic mass is 9.92. The predicted octanol–water partition coefficient (Wildman–Crippen LogP) is 2.41. The Bertz CT molecular complexity index is 376. The minimum Gasteiger partial charge on any atom is -0.508 e. The molecule has 17 heavy (non-hydrogen) atoms. The van der Waals surface area contributed by atoms with Crippen molar-refractivity contribution in [1.82, 2.24) is 5.32 Å². The topological polar surface area (TPSA) is 58.3 Å². The maximum atomic E-state index is 9.69. The number of hydrogen-bond donors (Lipinski definition) is 3. The Hall–Kier alpha value is -0.770. The van der Waals surface area contributed by atoms with Crippen molar-refractivity contribution in [2.75, 3.05) is 0 Å². The summed E-state index contributed by atoms with van der Waals surface area (Å²) in [7, 11) is 0. The van der Waals surface area contributed by atoms with E-state index in [1.165, 1.54) is 0 Å². The minimum absolute atomic E-state index is 0.300. The highest BCUT2D eigenvalue weighted by Gasteiger charge is 2.18. The fourth-order valence-electron chi connectivity index (χ4n) is 2.27. The van der Waals surface area contributed by atoms with Gasteiger partial charge in [0.1, 0.15) is 5.75 Å². The first-order valence-electron chi connectivity index (χ1n) is 6.11. The second-order valence-corrected chi connectivity index (χ2v) is 5.20. The van der Waals surface area contributed by atoms with E-state index in [0.717, 1.165) is 31.2 Å². The minimum atomic E-state index is 0.300. The lowest BCUT2D eigenvalue weighted by Crippen LogP contribution is -2.37. The van der Waals surface area contributed by atoms with Crippen LogP contribution in [0, 0.1) is 0 Å². The third kappa shape index (κ3) is 3.60. The van der Waals surface area contributed by atoms with Crippen molar-refractivity contribution in [3.63, 3.8) is 0 Å². The van der Waals surface area contributed by atoms with Gasteiger partial charge in [0.25, 0.3) is 0 Å². The molecule has 0 aliphatic heterocycles. The number of aromatic hydroxyl groups is 1. The van der Waals surface area contributed by atoms with Crippen LogP contribution in [0.4, 0.5) is 0 Å². The molecule has 1 aromatic carbocycles. The smallest absolute Gasteiger partial charge is 0.120 e. The summed E-state index contributed by atoms with van der Waals surface area (Å²) in [5.41, 5.74) is 6.72. The molecule has 1 aromatic rings. The van der Waals surface area contributed by atoms with Crippen LogP contribution >= 0.6 is 11.6 Å². The predicted molar refractivity (Wildman–Crippen MR) is 70.2 cm³/mol. The molecule has 0 bridgehead atoms. The van der Waals surface area contributed by atoms with Crippen LogP contribution in [0.2, 0.25) is 5.02 Å². The molecule has 1 saturated carbocycles. The van der Waals surface area contributed by atoms with E-state index in [2.05, 4.69) is 5.32 Å². The quantitative estimate of drug-likeness (QED) is 0.776. The van der Waals surface area contributed by atoms with Gasteiger partial charge in [0.2, 0.25) is 0 Å². The molecule has 0 saturated heterocycles. The third-order valence-corrected chi connectivity index (χ3v) is 3.63. The number of rotatable bonds is 3. The first-order chi connectivity index (χ1) is 8.15. The van der Waals surface area contributed by atoms with Crippen LogP contribution in [0.15, 0.2) is 18.2 Å². The zero-order valence-corrected chi connectivity index (χ0v) is 10.6. The molecule has 0 heterocycles. The average Bonchev–Trinajstić information content (AvgIpc) is 2.32. The first kappa shape index (κ1) is 12.7. The van der Waals surface area contributed by atoms with Crippen LogP contribution in [0.25, 0.3) is 0 Å². The van der Waals surface area contributed by atoms with E-state index in [0.29, 0.717) is 29.4 Å². The molecule has 0 amide bonds. The second kappa shape index (κ2) is 5.71. The maximum Gasteiger partial charge on any atom is 0.120 e. The van der Waals surface area contributed by atoms with E-state index < -0.39 is 0 Å². The first-order valence-corrected chi connectivity index (χ1v) is 6.49. The molecule has 4 heteroatoms. The molecule has 2 rings (SSSR count). The summed E-state index contributed by atoms with van der Waals surface area (Å²) in [6, 6.07) is 6.01. The average molecular weight is 255 g/mol. The van der Waals surface area contributed by atoms with Gasteiger partial charge in [0, 0.05) is 29.2 Å². The van der Waals surface area contributed by atoms with Gasteiger partial charge in [0.05, 0.1) is 0 Å². The Morgan fingerprint density at radius 3 is 2.71 bits per heavy atom. The molecular formula is C13H19ClN2O. The standard InChI is InChI=1S/C13H19ClN2O/c14-10-1-6-13(17)9(7-10)8-16-12-4-2-11(15)3-5-12/h1,6-7,11-12,16-17H,2-5,8,15H2. The van der Waals surface area contributed by atoms with Crippen molar-refractivity contribution >= 4 is 11.6 Å². The van der Waals surface area contributed by atoms with Gasteiger partial charge in [-0.05, 0) is 43.9 Å². The SMILES string of the molecule is NC1CCC(NCc2cc(Cl)ccc2O)CC1.